The fourth-order valence-electron chi connectivity index (χ4n) is 0.575. The normalized spacial score (nSPS) is 14.6. The van der Waals surface area contributed by atoms with E-state index in [0.717, 1.165) is 6.42 Å². The molecule has 1 heteroatoms. The number of aliphatic hydroxyl groups is 1. The first-order chi connectivity index (χ1) is 4.27. The van der Waals surface area contributed by atoms with Crippen LogP contribution in [0.1, 0.15) is 26.2 Å². The van der Waals surface area contributed by atoms with E-state index in [1.807, 2.05) is 6.08 Å². The second-order valence-corrected chi connectivity index (χ2v) is 2.14. The molecule has 1 nitrogen and oxygen atoms in total. The summed E-state index contributed by atoms with van der Waals surface area (Å²) in [6.07, 6.45) is 6.63. The minimum atomic E-state index is -0.526. The van der Waals surface area contributed by atoms with E-state index in [1.165, 1.54) is 12.8 Å². The Labute approximate surface area is 57.4 Å². The maximum atomic E-state index is 8.65. The summed E-state index contributed by atoms with van der Waals surface area (Å²) in [5.41, 5.74) is 0. The molecule has 0 aromatic heterocycles. The Morgan fingerprint density at radius 1 is 1.67 bits per heavy atom. The summed E-state index contributed by atoms with van der Waals surface area (Å²) in [7, 11) is 0. The number of rotatable bonds is 4. The van der Waals surface area contributed by atoms with Gasteiger partial charge in [-0.15, -0.1) is 0 Å². The van der Waals surface area contributed by atoms with Crippen LogP contribution >= 0.6 is 0 Å². The number of allylic oxidation sites excluding steroid dienone is 1. The summed E-state index contributed by atoms with van der Waals surface area (Å²) in [5, 5.41) is 8.65. The first-order valence-electron chi connectivity index (χ1n) is 3.45. The van der Waals surface area contributed by atoms with Crippen molar-refractivity contribution in [2.75, 3.05) is 0 Å². The lowest BCUT2D eigenvalue weighted by atomic mass is 10.2. The largest absolute Gasteiger partial charge is 0.389 e. The molecule has 0 aliphatic rings. The van der Waals surface area contributed by atoms with Gasteiger partial charge in [0.05, 0.1) is 6.10 Å². The van der Waals surface area contributed by atoms with Crippen molar-refractivity contribution in [3.8, 4) is 0 Å². The van der Waals surface area contributed by atoms with E-state index in [9.17, 15) is 0 Å². The average Bonchev–Trinajstić information content (AvgIpc) is 1.80. The molecule has 0 aliphatic heterocycles. The van der Waals surface area contributed by atoms with E-state index < -0.39 is 6.10 Å². The molecule has 1 unspecified atom stereocenters. The van der Waals surface area contributed by atoms with Crippen molar-refractivity contribution in [1.82, 2.24) is 0 Å². The predicted molar refractivity (Wildman–Crippen MR) is 40.0 cm³/mol. The fraction of sp³-hybridized carbons (Fsp3) is 0.625. The minimum Gasteiger partial charge on any atom is -0.389 e. The van der Waals surface area contributed by atoms with E-state index in [2.05, 4.69) is 13.8 Å². The van der Waals surface area contributed by atoms with Gasteiger partial charge in [-0.2, -0.15) is 0 Å². The maximum absolute atomic E-state index is 8.65. The highest BCUT2D eigenvalue weighted by atomic mass is 16.3. The maximum Gasteiger partial charge on any atom is 0.0722 e. The van der Waals surface area contributed by atoms with E-state index >= 15 is 0 Å². The molecule has 9 heavy (non-hydrogen) atoms. The Hall–Kier alpha value is -0.300. The molecule has 0 amide bonds. The van der Waals surface area contributed by atoms with Crippen LogP contribution in [0, 0.1) is 6.92 Å². The van der Waals surface area contributed by atoms with Crippen LogP contribution in [-0.2, 0) is 0 Å². The molecular weight excluding hydrogens is 112 g/mol. The number of aliphatic hydroxyl groups excluding tert-OH is 1. The minimum absolute atomic E-state index is 0.526. The van der Waals surface area contributed by atoms with Gasteiger partial charge in [0.1, 0.15) is 0 Å². The van der Waals surface area contributed by atoms with Crippen LogP contribution < -0.4 is 0 Å². The fourth-order valence-corrected chi connectivity index (χ4v) is 0.575. The first kappa shape index (κ1) is 8.70. The van der Waals surface area contributed by atoms with Gasteiger partial charge in [0.25, 0.3) is 0 Å². The third kappa shape index (κ3) is 7.70. The lowest BCUT2D eigenvalue weighted by Gasteiger charge is -1.92. The summed E-state index contributed by atoms with van der Waals surface area (Å²) >= 11 is 0. The molecule has 0 bridgehead atoms. The van der Waals surface area contributed by atoms with Gasteiger partial charge >= 0.3 is 0 Å². The SMILES string of the molecule is [CH2]C(O)C=CCCCC. The molecule has 53 valence electrons. The Kier molecular flexibility index (Phi) is 5.64. The summed E-state index contributed by atoms with van der Waals surface area (Å²) in [6, 6.07) is 0. The second-order valence-electron chi connectivity index (χ2n) is 2.14. The first-order valence-corrected chi connectivity index (χ1v) is 3.45. The van der Waals surface area contributed by atoms with Crippen LogP contribution in [0.5, 0.6) is 0 Å². The Morgan fingerprint density at radius 2 is 2.33 bits per heavy atom. The van der Waals surface area contributed by atoms with Gasteiger partial charge in [-0.25, -0.2) is 0 Å². The topological polar surface area (TPSA) is 20.2 Å². The Balaban J connectivity index is 3.04. The zero-order valence-corrected chi connectivity index (χ0v) is 6.01. The lowest BCUT2D eigenvalue weighted by molar-refractivity contribution is 0.269. The van der Waals surface area contributed by atoms with E-state index in [4.69, 9.17) is 5.11 Å². The molecule has 0 saturated carbocycles. The van der Waals surface area contributed by atoms with E-state index in [0.29, 0.717) is 0 Å². The van der Waals surface area contributed by atoms with Gasteiger partial charge in [-0.1, -0.05) is 31.9 Å². The standard InChI is InChI=1S/C8H15O/c1-3-4-5-6-7-8(2)9/h6-9H,2-5H2,1H3. The van der Waals surface area contributed by atoms with Crippen LogP contribution in [0.25, 0.3) is 0 Å². The highest BCUT2D eigenvalue weighted by Crippen LogP contribution is 1.95. The summed E-state index contributed by atoms with van der Waals surface area (Å²) < 4.78 is 0. The molecule has 0 heterocycles. The van der Waals surface area contributed by atoms with Crippen LogP contribution in [0.15, 0.2) is 12.2 Å². The molecule has 0 saturated heterocycles. The van der Waals surface area contributed by atoms with Crippen LogP contribution in [0.4, 0.5) is 0 Å². The summed E-state index contributed by atoms with van der Waals surface area (Å²) in [4.78, 5) is 0. The van der Waals surface area contributed by atoms with Crippen molar-refractivity contribution in [3.63, 3.8) is 0 Å². The molecule has 0 aromatic carbocycles. The van der Waals surface area contributed by atoms with Crippen molar-refractivity contribution in [2.24, 2.45) is 0 Å². The summed E-state index contributed by atoms with van der Waals surface area (Å²) in [6.45, 7) is 5.55. The molecule has 0 spiro atoms. The highest BCUT2D eigenvalue weighted by Gasteiger charge is 1.83. The smallest absolute Gasteiger partial charge is 0.0722 e. The van der Waals surface area contributed by atoms with Crippen molar-refractivity contribution in [1.29, 1.82) is 0 Å². The molecule has 1 radical (unpaired) electrons. The molecular formula is C8H15O. The monoisotopic (exact) mass is 127 g/mol. The molecule has 0 aromatic rings. The Morgan fingerprint density at radius 3 is 2.78 bits per heavy atom. The number of hydrogen-bond donors (Lipinski definition) is 1. The van der Waals surface area contributed by atoms with E-state index in [1.54, 1.807) is 6.08 Å². The van der Waals surface area contributed by atoms with Gasteiger partial charge in [-0.05, 0) is 13.3 Å². The third-order valence-corrected chi connectivity index (χ3v) is 1.08. The van der Waals surface area contributed by atoms with Gasteiger partial charge in [-0.3, -0.25) is 0 Å². The zero-order chi connectivity index (χ0) is 7.11. The number of unbranched alkanes of at least 4 members (excludes halogenated alkanes) is 2. The van der Waals surface area contributed by atoms with Gasteiger partial charge in [0, 0.05) is 0 Å². The quantitative estimate of drug-likeness (QED) is 0.452. The van der Waals surface area contributed by atoms with Crippen molar-refractivity contribution in [2.45, 2.75) is 32.3 Å². The number of hydrogen-bond acceptors (Lipinski definition) is 1. The predicted octanol–water partition coefficient (Wildman–Crippen LogP) is 1.93. The molecule has 0 aliphatic carbocycles. The molecule has 1 atom stereocenters. The third-order valence-electron chi connectivity index (χ3n) is 1.08. The lowest BCUT2D eigenvalue weighted by Crippen LogP contribution is -1.91. The van der Waals surface area contributed by atoms with Crippen molar-refractivity contribution in [3.05, 3.63) is 19.1 Å². The average molecular weight is 127 g/mol. The highest BCUT2D eigenvalue weighted by molar-refractivity contribution is 4.89. The molecule has 0 rings (SSSR count). The van der Waals surface area contributed by atoms with Crippen LogP contribution in [0.2, 0.25) is 0 Å². The molecule has 1 N–H and O–H groups in total. The van der Waals surface area contributed by atoms with Gasteiger partial charge in [0.2, 0.25) is 0 Å². The van der Waals surface area contributed by atoms with Gasteiger partial charge in [0.15, 0.2) is 0 Å². The second kappa shape index (κ2) is 5.83. The Bertz CT molecular complexity index is 74.6. The zero-order valence-electron chi connectivity index (χ0n) is 6.01. The van der Waals surface area contributed by atoms with Crippen molar-refractivity contribution >= 4 is 0 Å². The summed E-state index contributed by atoms with van der Waals surface area (Å²) in [5.74, 6) is 0. The molecule has 0 fully saturated rings. The van der Waals surface area contributed by atoms with Crippen LogP contribution in [0.3, 0.4) is 0 Å². The van der Waals surface area contributed by atoms with Gasteiger partial charge < -0.3 is 5.11 Å². The van der Waals surface area contributed by atoms with E-state index in [-0.39, 0.29) is 0 Å². The van der Waals surface area contributed by atoms with Crippen LogP contribution in [-0.4, -0.2) is 11.2 Å². The van der Waals surface area contributed by atoms with Crippen molar-refractivity contribution < 1.29 is 5.11 Å².